The van der Waals surface area contributed by atoms with Crippen LogP contribution in [0, 0.1) is 3.57 Å². The van der Waals surface area contributed by atoms with Crippen molar-refractivity contribution in [2.45, 2.75) is 0 Å². The summed E-state index contributed by atoms with van der Waals surface area (Å²) in [6, 6.07) is 5.61. The fourth-order valence-corrected chi connectivity index (χ4v) is 1.50. The number of carbonyl (C=O) groups is 1. The third-order valence-electron chi connectivity index (χ3n) is 1.36. The van der Waals surface area contributed by atoms with Crippen LogP contribution >= 0.6 is 38.5 Å². The van der Waals surface area contributed by atoms with Crippen molar-refractivity contribution < 1.29 is 9.90 Å². The Balaban J connectivity index is 2.68. The van der Waals surface area contributed by atoms with Gasteiger partial charge in [0.15, 0.2) is 0 Å². The number of halogens is 2. The van der Waals surface area contributed by atoms with E-state index in [0.29, 0.717) is 0 Å². The highest BCUT2D eigenvalue weighted by Gasteiger charge is 1.99. The summed E-state index contributed by atoms with van der Waals surface area (Å²) in [5, 5.41) is 11.2. The molecule has 0 atom stereocenters. The maximum absolute atomic E-state index is 10.2. The molecule has 0 unspecified atom stereocenters. The van der Waals surface area contributed by atoms with Gasteiger partial charge in [-0.2, -0.15) is 0 Å². The average molecular weight is 356 g/mol. The van der Waals surface area contributed by atoms with Gasteiger partial charge < -0.3 is 10.4 Å². The molecule has 1 aromatic carbocycles. The quantitative estimate of drug-likeness (QED) is 0.819. The van der Waals surface area contributed by atoms with Crippen molar-refractivity contribution in [1.82, 2.24) is 0 Å². The van der Waals surface area contributed by atoms with Gasteiger partial charge in [-0.1, -0.05) is 0 Å². The third kappa shape index (κ3) is 3.51. The second-order valence-electron chi connectivity index (χ2n) is 2.38. The van der Waals surface area contributed by atoms with Gasteiger partial charge in [0.25, 0.3) is 0 Å². The van der Waals surface area contributed by atoms with Gasteiger partial charge in [-0.3, -0.25) is 4.79 Å². The molecule has 0 saturated heterocycles. The summed E-state index contributed by atoms with van der Waals surface area (Å²) < 4.78 is 2.06. The van der Waals surface area contributed by atoms with E-state index in [9.17, 15) is 4.79 Å². The lowest BCUT2D eigenvalue weighted by Crippen LogP contribution is -2.12. The maximum atomic E-state index is 10.2. The Morgan fingerprint density at radius 1 is 1.62 bits per heavy atom. The van der Waals surface area contributed by atoms with E-state index in [4.69, 9.17) is 5.11 Å². The number of anilines is 1. The molecule has 0 aliphatic heterocycles. The first-order valence-corrected chi connectivity index (χ1v) is 5.37. The van der Waals surface area contributed by atoms with Crippen molar-refractivity contribution in [1.29, 1.82) is 0 Å². The molecule has 70 valence electrons. The standard InChI is InChI=1S/C8H7BrINO2/c9-6-3-5(1-2-7(6)10)11-4-8(12)13/h1-3,11H,4H2,(H,12,13). The normalized spacial score (nSPS) is 9.69. The minimum Gasteiger partial charge on any atom is -0.480 e. The molecule has 0 aliphatic carbocycles. The first kappa shape index (κ1) is 10.8. The van der Waals surface area contributed by atoms with Crippen molar-refractivity contribution in [3.05, 3.63) is 26.2 Å². The van der Waals surface area contributed by atoms with Crippen molar-refractivity contribution in [3.8, 4) is 0 Å². The van der Waals surface area contributed by atoms with Gasteiger partial charge in [-0.05, 0) is 56.7 Å². The van der Waals surface area contributed by atoms with E-state index in [2.05, 4.69) is 43.8 Å². The maximum Gasteiger partial charge on any atom is 0.322 e. The number of hydrogen-bond acceptors (Lipinski definition) is 2. The van der Waals surface area contributed by atoms with E-state index < -0.39 is 5.97 Å². The van der Waals surface area contributed by atoms with Crippen LogP contribution in [-0.2, 0) is 4.79 Å². The Morgan fingerprint density at radius 3 is 2.85 bits per heavy atom. The Bertz CT molecular complexity index is 330. The Kier molecular flexibility index (Phi) is 3.98. The van der Waals surface area contributed by atoms with E-state index in [1.54, 1.807) is 0 Å². The second kappa shape index (κ2) is 4.80. The number of carboxylic acid groups (broad SMARTS) is 1. The van der Waals surface area contributed by atoms with Crippen LogP contribution in [0.25, 0.3) is 0 Å². The molecule has 2 N–H and O–H groups in total. The van der Waals surface area contributed by atoms with Crippen molar-refractivity contribution in [2.24, 2.45) is 0 Å². The Labute approximate surface area is 97.8 Å². The number of aliphatic carboxylic acids is 1. The summed E-state index contributed by atoms with van der Waals surface area (Å²) in [5.41, 5.74) is 0.801. The van der Waals surface area contributed by atoms with E-state index in [0.717, 1.165) is 13.7 Å². The summed E-state index contributed by atoms with van der Waals surface area (Å²) in [5.74, 6) is -0.866. The lowest BCUT2D eigenvalue weighted by atomic mass is 10.3. The summed E-state index contributed by atoms with van der Waals surface area (Å²) in [6.07, 6.45) is 0. The first-order chi connectivity index (χ1) is 6.09. The number of rotatable bonds is 3. The molecule has 13 heavy (non-hydrogen) atoms. The molecule has 0 saturated carbocycles. The number of nitrogens with one attached hydrogen (secondary N) is 1. The molecule has 3 nitrogen and oxygen atoms in total. The molecule has 0 amide bonds. The summed E-state index contributed by atoms with van der Waals surface area (Å²) in [6.45, 7) is -0.0625. The van der Waals surface area contributed by atoms with Crippen LogP contribution in [0.1, 0.15) is 0 Å². The molecule has 5 heteroatoms. The number of carboxylic acids is 1. The number of benzene rings is 1. The molecule has 0 fully saturated rings. The van der Waals surface area contributed by atoms with E-state index >= 15 is 0 Å². The van der Waals surface area contributed by atoms with Gasteiger partial charge in [-0.25, -0.2) is 0 Å². The molecule has 0 aromatic heterocycles. The van der Waals surface area contributed by atoms with Crippen LogP contribution in [0.4, 0.5) is 5.69 Å². The predicted molar refractivity (Wildman–Crippen MR) is 63.0 cm³/mol. The predicted octanol–water partition coefficient (Wildman–Crippen LogP) is 2.55. The largest absolute Gasteiger partial charge is 0.480 e. The smallest absolute Gasteiger partial charge is 0.322 e. The van der Waals surface area contributed by atoms with Crippen molar-refractivity contribution >= 4 is 50.2 Å². The van der Waals surface area contributed by atoms with Gasteiger partial charge in [0.05, 0.1) is 0 Å². The van der Waals surface area contributed by atoms with Gasteiger partial charge >= 0.3 is 5.97 Å². The third-order valence-corrected chi connectivity index (χ3v) is 3.70. The van der Waals surface area contributed by atoms with E-state index in [-0.39, 0.29) is 6.54 Å². The summed E-state index contributed by atoms with van der Waals surface area (Å²) in [4.78, 5) is 10.2. The van der Waals surface area contributed by atoms with E-state index in [1.165, 1.54) is 0 Å². The first-order valence-electron chi connectivity index (χ1n) is 3.50. The number of hydrogen-bond donors (Lipinski definition) is 2. The zero-order chi connectivity index (χ0) is 9.84. The van der Waals surface area contributed by atoms with Crippen LogP contribution in [0.15, 0.2) is 22.7 Å². The second-order valence-corrected chi connectivity index (χ2v) is 4.39. The van der Waals surface area contributed by atoms with Crippen molar-refractivity contribution in [2.75, 3.05) is 11.9 Å². The Morgan fingerprint density at radius 2 is 2.31 bits per heavy atom. The monoisotopic (exact) mass is 355 g/mol. The van der Waals surface area contributed by atoms with Gasteiger partial charge in [-0.15, -0.1) is 0 Å². The zero-order valence-electron chi connectivity index (χ0n) is 6.55. The fourth-order valence-electron chi connectivity index (χ4n) is 0.784. The minimum absolute atomic E-state index is 0.0625. The SMILES string of the molecule is O=C(O)CNc1ccc(I)c(Br)c1. The lowest BCUT2D eigenvalue weighted by Gasteiger charge is -2.04. The highest BCUT2D eigenvalue weighted by Crippen LogP contribution is 2.22. The van der Waals surface area contributed by atoms with Crippen LogP contribution in [0.5, 0.6) is 0 Å². The zero-order valence-corrected chi connectivity index (χ0v) is 10.3. The minimum atomic E-state index is -0.866. The topological polar surface area (TPSA) is 49.3 Å². The highest BCUT2D eigenvalue weighted by molar-refractivity contribution is 14.1. The molecule has 0 spiro atoms. The van der Waals surface area contributed by atoms with Crippen LogP contribution < -0.4 is 5.32 Å². The van der Waals surface area contributed by atoms with E-state index in [1.807, 2.05) is 18.2 Å². The molecule has 0 aliphatic rings. The average Bonchev–Trinajstić information content (AvgIpc) is 2.07. The van der Waals surface area contributed by atoms with Crippen LogP contribution in [0.3, 0.4) is 0 Å². The summed E-state index contributed by atoms with van der Waals surface area (Å²) in [7, 11) is 0. The lowest BCUT2D eigenvalue weighted by molar-refractivity contribution is -0.134. The van der Waals surface area contributed by atoms with Crippen LogP contribution in [0.2, 0.25) is 0 Å². The van der Waals surface area contributed by atoms with Gasteiger partial charge in [0.2, 0.25) is 0 Å². The molecule has 0 radical (unpaired) electrons. The van der Waals surface area contributed by atoms with Gasteiger partial charge in [0, 0.05) is 13.7 Å². The molecular weight excluding hydrogens is 349 g/mol. The Hall–Kier alpha value is -0.300. The van der Waals surface area contributed by atoms with Crippen LogP contribution in [-0.4, -0.2) is 17.6 Å². The van der Waals surface area contributed by atoms with Gasteiger partial charge in [0.1, 0.15) is 6.54 Å². The molecule has 0 bridgehead atoms. The summed E-state index contributed by atoms with van der Waals surface area (Å²) >= 11 is 5.55. The molecular formula is C8H7BrINO2. The fraction of sp³-hybridized carbons (Fsp3) is 0.125. The van der Waals surface area contributed by atoms with Crippen molar-refractivity contribution in [3.63, 3.8) is 0 Å². The molecule has 0 heterocycles. The molecule has 1 rings (SSSR count). The highest BCUT2D eigenvalue weighted by atomic mass is 127. The molecule has 1 aromatic rings.